The van der Waals surface area contributed by atoms with Crippen LogP contribution in [0.3, 0.4) is 0 Å². The average Bonchev–Trinajstić information content (AvgIpc) is 2.72. The van der Waals surface area contributed by atoms with Crippen LogP contribution in [0.1, 0.15) is 32.1 Å². The average molecular weight is 508 g/mol. The Labute approximate surface area is 198 Å². The molecule has 0 aliphatic carbocycles. The van der Waals surface area contributed by atoms with Gasteiger partial charge in [0.25, 0.3) is 0 Å². The molecule has 0 saturated heterocycles. The number of hydrogen-bond donors (Lipinski definition) is 8. The molecular weight excluding hydrogens is 478 g/mol. The first-order valence-corrected chi connectivity index (χ1v) is 11.3. The maximum absolute atomic E-state index is 12.7. The van der Waals surface area contributed by atoms with Crippen molar-refractivity contribution in [1.82, 2.24) is 16.0 Å². The van der Waals surface area contributed by atoms with Gasteiger partial charge in [0.05, 0.1) is 18.9 Å². The Morgan fingerprint density at radius 1 is 0.765 bits per heavy atom. The molecule has 0 aliphatic heterocycles. The Bertz CT molecular complexity index is 793. The van der Waals surface area contributed by atoms with Crippen LogP contribution in [0.15, 0.2) is 0 Å². The summed E-state index contributed by atoms with van der Waals surface area (Å²) in [5, 5.41) is 33.1. The molecule has 10 N–H and O–H groups in total. The highest BCUT2D eigenvalue weighted by Gasteiger charge is 2.32. The van der Waals surface area contributed by atoms with Crippen molar-refractivity contribution in [2.75, 3.05) is 12.0 Å². The Balaban J connectivity index is 5.57. The largest absolute Gasteiger partial charge is 0.481 e. The lowest BCUT2D eigenvalue weighted by Gasteiger charge is -2.24. The third-order valence-electron chi connectivity index (χ3n) is 4.28. The van der Waals surface area contributed by atoms with Gasteiger partial charge in [-0.05, 0) is 24.9 Å². The smallest absolute Gasteiger partial charge is 0.326 e. The molecule has 16 heteroatoms. The number of amides is 4. The Morgan fingerprint density at radius 2 is 1.29 bits per heavy atom. The first-order chi connectivity index (χ1) is 15.8. The number of aliphatic carboxylic acids is 3. The van der Waals surface area contributed by atoms with E-state index in [0.29, 0.717) is 5.75 Å². The summed E-state index contributed by atoms with van der Waals surface area (Å²) in [4.78, 5) is 81.8. The van der Waals surface area contributed by atoms with Gasteiger partial charge >= 0.3 is 17.9 Å². The second kappa shape index (κ2) is 15.4. The van der Waals surface area contributed by atoms with Crippen LogP contribution in [-0.4, -0.2) is 93.0 Å². The number of thioether (sulfide) groups is 1. The first kappa shape index (κ1) is 30.6. The molecule has 0 radical (unpaired) electrons. The minimum atomic E-state index is -1.86. The van der Waals surface area contributed by atoms with Crippen LogP contribution in [0.4, 0.5) is 0 Å². The minimum Gasteiger partial charge on any atom is -0.481 e. The zero-order chi connectivity index (χ0) is 26.4. The zero-order valence-corrected chi connectivity index (χ0v) is 19.1. The molecule has 4 unspecified atom stereocenters. The van der Waals surface area contributed by atoms with Crippen LogP contribution >= 0.6 is 11.8 Å². The van der Waals surface area contributed by atoms with Crippen molar-refractivity contribution >= 4 is 53.3 Å². The summed E-state index contributed by atoms with van der Waals surface area (Å²) in [6, 6.07) is -6.05. The molecule has 192 valence electrons. The van der Waals surface area contributed by atoms with Crippen LogP contribution < -0.4 is 27.4 Å². The normalized spacial score (nSPS) is 14.1. The predicted octanol–water partition coefficient (Wildman–Crippen LogP) is -3.18. The SMILES string of the molecule is CSCCC(N)C(=O)NC(CC(N)=O)C(=O)NC(CCC(=O)O)C(=O)NC(CC(=O)O)C(=O)O. The molecule has 0 spiro atoms. The predicted molar refractivity (Wildman–Crippen MR) is 117 cm³/mol. The summed E-state index contributed by atoms with van der Waals surface area (Å²) in [7, 11) is 0. The van der Waals surface area contributed by atoms with E-state index in [1.54, 1.807) is 6.26 Å². The van der Waals surface area contributed by atoms with E-state index in [9.17, 15) is 33.6 Å². The van der Waals surface area contributed by atoms with E-state index in [1.807, 2.05) is 5.32 Å². The third-order valence-corrected chi connectivity index (χ3v) is 4.93. The van der Waals surface area contributed by atoms with Gasteiger partial charge < -0.3 is 42.7 Å². The number of carbonyl (C=O) groups is 7. The fourth-order valence-corrected chi connectivity index (χ4v) is 3.01. The van der Waals surface area contributed by atoms with Crippen molar-refractivity contribution in [3.05, 3.63) is 0 Å². The number of rotatable bonds is 17. The van der Waals surface area contributed by atoms with Crippen molar-refractivity contribution < 1.29 is 48.9 Å². The van der Waals surface area contributed by atoms with Crippen LogP contribution in [0.5, 0.6) is 0 Å². The van der Waals surface area contributed by atoms with Gasteiger partial charge in [-0.15, -0.1) is 0 Å². The van der Waals surface area contributed by atoms with E-state index in [0.717, 1.165) is 0 Å². The Morgan fingerprint density at radius 3 is 1.76 bits per heavy atom. The van der Waals surface area contributed by atoms with Crippen molar-refractivity contribution in [1.29, 1.82) is 0 Å². The van der Waals surface area contributed by atoms with Gasteiger partial charge in [0.1, 0.15) is 18.1 Å². The minimum absolute atomic E-state index is 0.266. The number of carboxylic acids is 3. The number of nitrogens with two attached hydrogens (primary N) is 2. The second-order valence-corrected chi connectivity index (χ2v) is 8.10. The summed E-state index contributed by atoms with van der Waals surface area (Å²) in [6.07, 6.45) is -0.715. The van der Waals surface area contributed by atoms with Gasteiger partial charge in [-0.2, -0.15) is 11.8 Å². The lowest BCUT2D eigenvalue weighted by Crippen LogP contribution is -2.58. The lowest BCUT2D eigenvalue weighted by molar-refractivity contribution is -0.147. The first-order valence-electron chi connectivity index (χ1n) is 9.88. The summed E-state index contributed by atoms with van der Waals surface area (Å²) < 4.78 is 0. The van der Waals surface area contributed by atoms with Crippen LogP contribution in [0.25, 0.3) is 0 Å². The standard InChI is InChI=1S/C18H29N5O10S/c1-34-5-4-8(19)15(29)22-10(6-12(20)24)17(31)21-9(2-3-13(25)26)16(30)23-11(18(32)33)7-14(27)28/h8-11H,2-7,19H2,1H3,(H2,20,24)(H,21,31)(H,22,29)(H,23,30)(H,25,26)(H,27,28)(H,32,33). The Hall–Kier alpha value is -3.40. The molecule has 0 heterocycles. The van der Waals surface area contributed by atoms with E-state index in [2.05, 4.69) is 10.6 Å². The van der Waals surface area contributed by atoms with Crippen molar-refractivity contribution in [3.8, 4) is 0 Å². The molecular formula is C18H29N5O10S. The topological polar surface area (TPSA) is 268 Å². The second-order valence-electron chi connectivity index (χ2n) is 7.11. The molecule has 0 saturated carbocycles. The highest BCUT2D eigenvalue weighted by Crippen LogP contribution is 2.04. The van der Waals surface area contributed by atoms with Gasteiger partial charge in [0.15, 0.2) is 0 Å². The van der Waals surface area contributed by atoms with Gasteiger partial charge in [-0.1, -0.05) is 0 Å². The summed E-state index contributed by atoms with van der Waals surface area (Å²) in [5.74, 6) is -8.00. The molecule has 34 heavy (non-hydrogen) atoms. The summed E-state index contributed by atoms with van der Waals surface area (Å²) in [5.41, 5.74) is 10.8. The van der Waals surface area contributed by atoms with E-state index < -0.39 is 91.4 Å². The monoisotopic (exact) mass is 507 g/mol. The number of nitrogens with one attached hydrogen (secondary N) is 3. The quantitative estimate of drug-likeness (QED) is 0.0968. The molecule has 0 bridgehead atoms. The molecule has 0 aromatic carbocycles. The zero-order valence-electron chi connectivity index (χ0n) is 18.3. The highest BCUT2D eigenvalue weighted by molar-refractivity contribution is 7.98. The molecule has 0 aromatic rings. The molecule has 0 fully saturated rings. The van der Waals surface area contributed by atoms with Gasteiger partial charge in [0.2, 0.25) is 23.6 Å². The number of carbonyl (C=O) groups excluding carboxylic acids is 4. The Kier molecular flexibility index (Phi) is 13.9. The van der Waals surface area contributed by atoms with Crippen molar-refractivity contribution in [3.63, 3.8) is 0 Å². The number of carboxylic acid groups (broad SMARTS) is 3. The summed E-state index contributed by atoms with van der Waals surface area (Å²) in [6.45, 7) is 0. The number of hydrogen-bond acceptors (Lipinski definition) is 9. The highest BCUT2D eigenvalue weighted by atomic mass is 32.2. The fourth-order valence-electron chi connectivity index (χ4n) is 2.52. The van der Waals surface area contributed by atoms with Crippen LogP contribution in [0, 0.1) is 0 Å². The summed E-state index contributed by atoms with van der Waals surface area (Å²) >= 11 is 1.43. The number of primary amides is 1. The third kappa shape index (κ3) is 12.6. The molecule has 0 aromatic heterocycles. The van der Waals surface area contributed by atoms with Crippen LogP contribution in [-0.2, 0) is 33.6 Å². The van der Waals surface area contributed by atoms with E-state index in [-0.39, 0.29) is 6.42 Å². The molecule has 0 aliphatic rings. The molecule has 0 rings (SSSR count). The van der Waals surface area contributed by atoms with Crippen molar-refractivity contribution in [2.45, 2.75) is 56.3 Å². The molecule has 4 amide bonds. The van der Waals surface area contributed by atoms with E-state index >= 15 is 0 Å². The van der Waals surface area contributed by atoms with Gasteiger partial charge in [0, 0.05) is 6.42 Å². The fraction of sp³-hybridized carbons (Fsp3) is 0.611. The van der Waals surface area contributed by atoms with Gasteiger partial charge in [-0.25, -0.2) is 4.79 Å². The van der Waals surface area contributed by atoms with E-state index in [4.69, 9.17) is 26.8 Å². The van der Waals surface area contributed by atoms with E-state index in [1.165, 1.54) is 11.8 Å². The van der Waals surface area contributed by atoms with Gasteiger partial charge in [-0.3, -0.25) is 28.8 Å². The molecule has 15 nitrogen and oxygen atoms in total. The molecule has 4 atom stereocenters. The van der Waals surface area contributed by atoms with Crippen molar-refractivity contribution in [2.24, 2.45) is 11.5 Å². The van der Waals surface area contributed by atoms with Crippen LogP contribution in [0.2, 0.25) is 0 Å². The maximum atomic E-state index is 12.7. The lowest BCUT2D eigenvalue weighted by atomic mass is 10.1. The maximum Gasteiger partial charge on any atom is 0.326 e.